The molecule has 1 aliphatic carbocycles. The lowest BCUT2D eigenvalue weighted by Crippen LogP contribution is -2.35. The topological polar surface area (TPSA) is 65.1 Å². The maximum atomic E-state index is 13.8. The average Bonchev–Trinajstić information content (AvgIpc) is 3.41. The summed E-state index contributed by atoms with van der Waals surface area (Å²) >= 11 is 0. The van der Waals surface area contributed by atoms with Crippen LogP contribution in [0.2, 0.25) is 0 Å². The van der Waals surface area contributed by atoms with Gasteiger partial charge in [0.2, 0.25) is 0 Å². The molecule has 0 aromatic heterocycles. The fraction of sp³-hybridized carbons (Fsp3) is 0.349. The number of cyclic esters (lactones) is 1. The number of carbonyl (C=O) groups is 2. The molecule has 4 aromatic carbocycles. The molecule has 1 amide bonds. The van der Waals surface area contributed by atoms with Gasteiger partial charge in [0.25, 0.3) is 0 Å². The summed E-state index contributed by atoms with van der Waals surface area (Å²) in [6, 6.07) is 19.3. The van der Waals surface area contributed by atoms with Crippen molar-refractivity contribution in [1.29, 1.82) is 0 Å². The molecule has 4 aromatic rings. The zero-order valence-corrected chi connectivity index (χ0v) is 31.2. The van der Waals surface area contributed by atoms with Crippen LogP contribution in [0.3, 0.4) is 0 Å². The minimum atomic E-state index is -5.05. The minimum absolute atomic E-state index is 0.0226. The molecule has 290 valence electrons. The van der Waals surface area contributed by atoms with E-state index in [2.05, 4.69) is 13.8 Å². The number of hydrogen-bond donors (Lipinski definition) is 0. The van der Waals surface area contributed by atoms with Gasteiger partial charge in [0, 0.05) is 17.7 Å². The number of ether oxygens (including phenoxy) is 3. The Kier molecular flexibility index (Phi) is 10.6. The van der Waals surface area contributed by atoms with Gasteiger partial charge in [-0.05, 0) is 114 Å². The summed E-state index contributed by atoms with van der Waals surface area (Å²) in [4.78, 5) is 27.3. The monoisotopic (exact) mass is 765 g/mol. The first-order valence-electron chi connectivity index (χ1n) is 17.8. The molecule has 0 bridgehead atoms. The molecule has 1 fully saturated rings. The predicted octanol–water partition coefficient (Wildman–Crippen LogP) is 11.7. The molecule has 1 heterocycles. The van der Waals surface area contributed by atoms with E-state index in [4.69, 9.17) is 14.2 Å². The molecule has 0 saturated carbocycles. The Bertz CT molecular complexity index is 2120. The zero-order valence-electron chi connectivity index (χ0n) is 31.2. The first-order valence-corrected chi connectivity index (χ1v) is 17.8. The van der Waals surface area contributed by atoms with Crippen molar-refractivity contribution in [3.05, 3.63) is 118 Å². The number of alkyl halides is 6. The molecule has 0 unspecified atom stereocenters. The second-order valence-electron chi connectivity index (χ2n) is 14.9. The Hall–Kier alpha value is -5.26. The Morgan fingerprint density at radius 1 is 0.873 bits per heavy atom. The molecule has 2 atom stereocenters. The van der Waals surface area contributed by atoms with E-state index in [1.54, 1.807) is 26.2 Å². The smallest absolute Gasteiger partial charge is 0.416 e. The minimum Gasteiger partial charge on any atom is -0.496 e. The lowest BCUT2D eigenvalue weighted by molar-refractivity contribution is -0.143. The lowest BCUT2D eigenvalue weighted by atomic mass is 9.71. The molecule has 0 spiro atoms. The van der Waals surface area contributed by atoms with Crippen LogP contribution in [0, 0.1) is 12.3 Å². The summed E-state index contributed by atoms with van der Waals surface area (Å²) in [5.41, 5.74) is 3.76. The summed E-state index contributed by atoms with van der Waals surface area (Å²) in [6.45, 7) is 7.71. The molecule has 12 heteroatoms. The molecular weight excluding hydrogens is 724 g/mol. The van der Waals surface area contributed by atoms with Crippen molar-refractivity contribution in [3.8, 4) is 28.0 Å². The molecule has 2 aliphatic rings. The van der Waals surface area contributed by atoms with E-state index in [0.29, 0.717) is 36.3 Å². The van der Waals surface area contributed by atoms with Gasteiger partial charge in [0.05, 0.1) is 37.0 Å². The van der Waals surface area contributed by atoms with Gasteiger partial charge in [0.1, 0.15) is 11.9 Å². The van der Waals surface area contributed by atoms with Gasteiger partial charge in [0.15, 0.2) is 0 Å². The second-order valence-corrected chi connectivity index (χ2v) is 14.9. The van der Waals surface area contributed by atoms with Crippen LogP contribution in [0.5, 0.6) is 5.75 Å². The molecule has 55 heavy (non-hydrogen) atoms. The number of carbonyl (C=O) groups excluding carboxylic acids is 2. The number of methoxy groups -OCH3 is 2. The average molecular weight is 766 g/mol. The van der Waals surface area contributed by atoms with E-state index in [1.165, 1.54) is 12.0 Å². The highest BCUT2D eigenvalue weighted by molar-refractivity contribution is 5.97. The number of aryl methyl sites for hydroxylation is 1. The summed E-state index contributed by atoms with van der Waals surface area (Å²) in [5, 5.41) is 0. The summed E-state index contributed by atoms with van der Waals surface area (Å²) in [5.74, 6) is 0.121. The predicted molar refractivity (Wildman–Crippen MR) is 196 cm³/mol. The molecule has 1 saturated heterocycles. The van der Waals surface area contributed by atoms with Crippen molar-refractivity contribution in [2.75, 3.05) is 20.8 Å². The summed E-state index contributed by atoms with van der Waals surface area (Å²) in [7, 11) is 2.90. The fourth-order valence-electron chi connectivity index (χ4n) is 7.77. The van der Waals surface area contributed by atoms with Crippen molar-refractivity contribution in [2.24, 2.45) is 5.41 Å². The largest absolute Gasteiger partial charge is 0.496 e. The highest BCUT2D eigenvalue weighted by atomic mass is 19.4. The van der Waals surface area contributed by atoms with Crippen LogP contribution in [0.25, 0.3) is 27.8 Å². The fourth-order valence-corrected chi connectivity index (χ4v) is 7.77. The van der Waals surface area contributed by atoms with E-state index in [9.17, 15) is 35.9 Å². The van der Waals surface area contributed by atoms with Crippen molar-refractivity contribution in [2.45, 2.75) is 71.5 Å². The zero-order chi connectivity index (χ0) is 40.0. The van der Waals surface area contributed by atoms with E-state index in [-0.39, 0.29) is 18.0 Å². The van der Waals surface area contributed by atoms with Crippen molar-refractivity contribution in [3.63, 3.8) is 0 Å². The van der Waals surface area contributed by atoms with Gasteiger partial charge >= 0.3 is 24.4 Å². The van der Waals surface area contributed by atoms with Gasteiger partial charge in [-0.25, -0.2) is 9.59 Å². The lowest BCUT2D eigenvalue weighted by Gasteiger charge is -2.36. The van der Waals surface area contributed by atoms with Crippen molar-refractivity contribution in [1.82, 2.24) is 4.90 Å². The van der Waals surface area contributed by atoms with Gasteiger partial charge < -0.3 is 14.2 Å². The van der Waals surface area contributed by atoms with Gasteiger partial charge in [-0.1, -0.05) is 56.3 Å². The number of halogens is 6. The van der Waals surface area contributed by atoms with Gasteiger partial charge in [-0.2, -0.15) is 26.3 Å². The normalized spacial score (nSPS) is 18.7. The van der Waals surface area contributed by atoms with Crippen molar-refractivity contribution < 1.29 is 50.1 Å². The van der Waals surface area contributed by atoms with Crippen LogP contribution in [0.15, 0.2) is 84.4 Å². The van der Waals surface area contributed by atoms with Crippen molar-refractivity contribution >= 4 is 17.6 Å². The summed E-state index contributed by atoms with van der Waals surface area (Å²) < 4.78 is 99.2. The van der Waals surface area contributed by atoms with Crippen LogP contribution >= 0.6 is 0 Å². The Balaban J connectivity index is 1.51. The van der Waals surface area contributed by atoms with Crippen LogP contribution in [-0.4, -0.2) is 43.8 Å². The Morgan fingerprint density at radius 3 is 2.09 bits per heavy atom. The van der Waals surface area contributed by atoms with Gasteiger partial charge in [-0.15, -0.1) is 0 Å². The van der Waals surface area contributed by atoms with E-state index in [0.717, 1.165) is 50.9 Å². The SMILES string of the molecule is COC(=O)c1ccc(-c2ccc(OC)c(C3=C(CN4C(=O)O[C@@H](c5cc(C(F)(F)F)cc(C(F)(F)F)c5)[C@@H]4C)CC(C)(C)CC3)c2-c2ccccc2)c(C)c1. The number of esters is 1. The van der Waals surface area contributed by atoms with E-state index < -0.39 is 53.3 Å². The third-order valence-corrected chi connectivity index (χ3v) is 10.6. The molecule has 6 nitrogen and oxygen atoms in total. The van der Waals surface area contributed by atoms with E-state index in [1.807, 2.05) is 55.5 Å². The summed E-state index contributed by atoms with van der Waals surface area (Å²) in [6.07, 6.45) is -10.4. The standard InChI is InChI=1S/C43H41F6NO5/c1-24-18-27(39(51)54-6)12-13-32(24)34-14-15-35(53-5)37(36(34)26-10-8-7-9-11-26)33-16-17-41(3,4)22-29(33)23-50-25(2)38(55-40(50)52)28-19-30(42(44,45)46)21-31(20-28)43(47,48)49/h7-15,18-21,25,38H,16-17,22-23H2,1-6H3/t25-,38+/m0/s1. The molecule has 6 rings (SSSR count). The molecular formula is C43H41F6NO5. The first kappa shape index (κ1) is 39.4. The quantitative estimate of drug-likeness (QED) is 0.132. The number of benzene rings is 4. The third-order valence-electron chi connectivity index (χ3n) is 10.6. The number of allylic oxidation sites excluding steroid dienone is 1. The number of amides is 1. The van der Waals surface area contributed by atoms with Crippen LogP contribution in [0.4, 0.5) is 31.1 Å². The highest BCUT2D eigenvalue weighted by Gasteiger charge is 2.44. The first-order chi connectivity index (χ1) is 25.8. The second kappa shape index (κ2) is 14.8. The van der Waals surface area contributed by atoms with E-state index >= 15 is 0 Å². The Labute approximate surface area is 315 Å². The van der Waals surface area contributed by atoms with Crippen LogP contribution < -0.4 is 4.74 Å². The molecule has 0 radical (unpaired) electrons. The van der Waals surface area contributed by atoms with Crippen LogP contribution in [0.1, 0.15) is 84.3 Å². The number of rotatable bonds is 8. The number of hydrogen-bond acceptors (Lipinski definition) is 5. The van der Waals surface area contributed by atoms with Crippen LogP contribution in [-0.2, 0) is 21.8 Å². The Morgan fingerprint density at radius 2 is 1.51 bits per heavy atom. The maximum Gasteiger partial charge on any atom is 0.416 e. The molecule has 0 N–H and O–H groups in total. The van der Waals surface area contributed by atoms with Gasteiger partial charge in [-0.3, -0.25) is 4.90 Å². The number of nitrogens with zero attached hydrogens (tertiary/aromatic N) is 1. The third kappa shape index (κ3) is 7.95. The molecule has 1 aliphatic heterocycles. The maximum absolute atomic E-state index is 13.8. The highest BCUT2D eigenvalue weighted by Crippen LogP contribution is 2.51.